The number of hydrogen-bond donors (Lipinski definition) is 2. The molecule has 0 spiro atoms. The van der Waals surface area contributed by atoms with Gasteiger partial charge in [0.2, 0.25) is 0 Å². The Bertz CT molecular complexity index is 524. The quantitative estimate of drug-likeness (QED) is 0.766. The van der Waals surface area contributed by atoms with Gasteiger partial charge in [-0.15, -0.1) is 0 Å². The van der Waals surface area contributed by atoms with Crippen LogP contribution in [0.15, 0.2) is 12.4 Å². The fraction of sp³-hybridized carbons (Fsp3) is 0.462. The van der Waals surface area contributed by atoms with Gasteiger partial charge in [-0.2, -0.15) is 0 Å². The van der Waals surface area contributed by atoms with Crippen molar-refractivity contribution in [1.29, 1.82) is 0 Å². The molecule has 0 aliphatic rings. The molecule has 2 rings (SSSR count). The van der Waals surface area contributed by atoms with E-state index in [2.05, 4.69) is 61.7 Å². The van der Waals surface area contributed by atoms with E-state index >= 15 is 0 Å². The van der Waals surface area contributed by atoms with Crippen molar-refractivity contribution in [3.8, 4) is 11.6 Å². The van der Waals surface area contributed by atoms with E-state index in [1.165, 1.54) is 0 Å². The fourth-order valence-corrected chi connectivity index (χ4v) is 2.45. The molecule has 0 saturated heterocycles. The van der Waals surface area contributed by atoms with Crippen molar-refractivity contribution in [3.05, 3.63) is 21.7 Å². The Morgan fingerprint density at radius 3 is 2.74 bits per heavy atom. The molecule has 19 heavy (non-hydrogen) atoms. The van der Waals surface area contributed by atoms with E-state index in [1.807, 2.05) is 0 Å². The van der Waals surface area contributed by atoms with Crippen LogP contribution in [-0.2, 0) is 6.42 Å². The van der Waals surface area contributed by atoms with Crippen LogP contribution in [0.3, 0.4) is 0 Å². The zero-order valence-electron chi connectivity index (χ0n) is 11.2. The van der Waals surface area contributed by atoms with Crippen LogP contribution < -0.4 is 5.32 Å². The number of anilines is 1. The molecule has 0 saturated carbocycles. The van der Waals surface area contributed by atoms with Crippen molar-refractivity contribution in [2.45, 2.75) is 33.1 Å². The topological polar surface area (TPSA) is 66.5 Å². The Kier molecular flexibility index (Phi) is 5.12. The summed E-state index contributed by atoms with van der Waals surface area (Å²) < 4.78 is 1.11. The molecule has 2 aromatic heterocycles. The SMILES string of the molecule is CCCNc1nc(-c2ncc[nH]2)nc(CCC)c1I. The minimum absolute atomic E-state index is 0.660. The van der Waals surface area contributed by atoms with Crippen molar-refractivity contribution in [2.24, 2.45) is 0 Å². The molecule has 2 N–H and O–H groups in total. The molecule has 0 radical (unpaired) electrons. The summed E-state index contributed by atoms with van der Waals surface area (Å²) >= 11 is 2.32. The Morgan fingerprint density at radius 1 is 1.26 bits per heavy atom. The molecular weight excluding hydrogens is 353 g/mol. The van der Waals surface area contributed by atoms with Crippen LogP contribution >= 0.6 is 22.6 Å². The zero-order valence-corrected chi connectivity index (χ0v) is 13.4. The Balaban J connectivity index is 2.41. The largest absolute Gasteiger partial charge is 0.369 e. The Labute approximate surface area is 126 Å². The zero-order chi connectivity index (χ0) is 13.7. The third-order valence-electron chi connectivity index (χ3n) is 2.66. The molecule has 0 amide bonds. The van der Waals surface area contributed by atoms with E-state index in [0.717, 1.165) is 40.9 Å². The van der Waals surface area contributed by atoms with E-state index < -0.39 is 0 Å². The van der Waals surface area contributed by atoms with Crippen LogP contribution in [0.5, 0.6) is 0 Å². The molecule has 2 heterocycles. The highest BCUT2D eigenvalue weighted by Gasteiger charge is 2.13. The van der Waals surface area contributed by atoms with E-state index in [9.17, 15) is 0 Å². The molecule has 0 unspecified atom stereocenters. The number of aromatic amines is 1. The molecule has 0 fully saturated rings. The summed E-state index contributed by atoms with van der Waals surface area (Å²) in [5.41, 5.74) is 1.09. The summed E-state index contributed by atoms with van der Waals surface area (Å²) in [7, 11) is 0. The average molecular weight is 371 g/mol. The lowest BCUT2D eigenvalue weighted by Crippen LogP contribution is -2.09. The summed E-state index contributed by atoms with van der Waals surface area (Å²) in [4.78, 5) is 16.5. The van der Waals surface area contributed by atoms with Gasteiger partial charge in [0, 0.05) is 18.9 Å². The van der Waals surface area contributed by atoms with Gasteiger partial charge in [-0.05, 0) is 35.4 Å². The third kappa shape index (κ3) is 3.43. The Hall–Kier alpha value is -1.18. The summed E-state index contributed by atoms with van der Waals surface area (Å²) in [6.45, 7) is 5.21. The second kappa shape index (κ2) is 6.83. The minimum Gasteiger partial charge on any atom is -0.369 e. The lowest BCUT2D eigenvalue weighted by Gasteiger charge is -2.11. The molecule has 0 aliphatic heterocycles. The van der Waals surface area contributed by atoms with E-state index in [1.54, 1.807) is 12.4 Å². The van der Waals surface area contributed by atoms with Crippen LogP contribution in [0.25, 0.3) is 11.6 Å². The lowest BCUT2D eigenvalue weighted by molar-refractivity contribution is 0.861. The van der Waals surface area contributed by atoms with E-state index in [4.69, 9.17) is 0 Å². The van der Waals surface area contributed by atoms with Crippen LogP contribution in [0, 0.1) is 3.57 Å². The van der Waals surface area contributed by atoms with Gasteiger partial charge in [0.05, 0.1) is 9.26 Å². The van der Waals surface area contributed by atoms with E-state index in [-0.39, 0.29) is 0 Å². The molecule has 0 bridgehead atoms. The first kappa shape index (κ1) is 14.2. The molecule has 0 atom stereocenters. The van der Waals surface area contributed by atoms with Crippen molar-refractivity contribution in [1.82, 2.24) is 19.9 Å². The number of halogens is 1. The highest BCUT2D eigenvalue weighted by atomic mass is 127. The number of H-pyrrole nitrogens is 1. The number of nitrogens with zero attached hydrogens (tertiary/aromatic N) is 3. The van der Waals surface area contributed by atoms with Crippen LogP contribution in [0.1, 0.15) is 32.4 Å². The molecule has 5 nitrogen and oxygen atoms in total. The molecule has 102 valence electrons. The van der Waals surface area contributed by atoms with Crippen molar-refractivity contribution < 1.29 is 0 Å². The second-order valence-corrected chi connectivity index (χ2v) is 5.35. The number of hydrogen-bond acceptors (Lipinski definition) is 4. The van der Waals surface area contributed by atoms with Gasteiger partial charge in [0.15, 0.2) is 11.6 Å². The maximum Gasteiger partial charge on any atom is 0.197 e. The predicted octanol–water partition coefficient (Wildman–Crippen LogP) is 3.25. The number of aromatic nitrogens is 4. The Morgan fingerprint density at radius 2 is 2.11 bits per heavy atom. The van der Waals surface area contributed by atoms with Gasteiger partial charge in [0.1, 0.15) is 5.82 Å². The van der Waals surface area contributed by atoms with Gasteiger partial charge >= 0.3 is 0 Å². The maximum absolute atomic E-state index is 4.62. The van der Waals surface area contributed by atoms with Gasteiger partial charge < -0.3 is 10.3 Å². The first-order valence-corrected chi connectivity index (χ1v) is 7.64. The molecule has 2 aromatic rings. The first-order chi connectivity index (χ1) is 9.26. The number of aryl methyl sites for hydroxylation is 1. The lowest BCUT2D eigenvalue weighted by atomic mass is 10.2. The first-order valence-electron chi connectivity index (χ1n) is 6.56. The van der Waals surface area contributed by atoms with Crippen molar-refractivity contribution in [3.63, 3.8) is 0 Å². The highest BCUT2D eigenvalue weighted by Crippen LogP contribution is 2.23. The average Bonchev–Trinajstić information content (AvgIpc) is 2.94. The van der Waals surface area contributed by atoms with Crippen LogP contribution in [0.4, 0.5) is 5.82 Å². The van der Waals surface area contributed by atoms with Gasteiger partial charge in [-0.25, -0.2) is 15.0 Å². The maximum atomic E-state index is 4.62. The number of rotatable bonds is 6. The van der Waals surface area contributed by atoms with Crippen LogP contribution in [0.2, 0.25) is 0 Å². The second-order valence-electron chi connectivity index (χ2n) is 4.27. The molecule has 0 aromatic carbocycles. The van der Waals surface area contributed by atoms with E-state index in [0.29, 0.717) is 11.6 Å². The molecular formula is C13H18IN5. The van der Waals surface area contributed by atoms with Crippen LogP contribution in [-0.4, -0.2) is 26.5 Å². The summed E-state index contributed by atoms with van der Waals surface area (Å²) in [5, 5.41) is 3.36. The third-order valence-corrected chi connectivity index (χ3v) is 3.79. The predicted molar refractivity (Wildman–Crippen MR) is 85.1 cm³/mol. The summed E-state index contributed by atoms with van der Waals surface area (Å²) in [6.07, 6.45) is 6.59. The minimum atomic E-state index is 0.660. The number of nitrogens with one attached hydrogen (secondary N) is 2. The summed E-state index contributed by atoms with van der Waals surface area (Å²) in [6, 6.07) is 0. The normalized spacial score (nSPS) is 10.7. The highest BCUT2D eigenvalue weighted by molar-refractivity contribution is 14.1. The van der Waals surface area contributed by atoms with Crippen molar-refractivity contribution in [2.75, 3.05) is 11.9 Å². The monoisotopic (exact) mass is 371 g/mol. The summed E-state index contributed by atoms with van der Waals surface area (Å²) in [5.74, 6) is 2.29. The van der Waals surface area contributed by atoms with Crippen molar-refractivity contribution >= 4 is 28.4 Å². The standard InChI is InChI=1S/C13H18IN5/c1-3-5-9-10(14)11(15-6-4-2)19-13(18-9)12-16-7-8-17-12/h7-8H,3-6H2,1-2H3,(H,16,17)(H,15,18,19). The smallest absolute Gasteiger partial charge is 0.197 e. The van der Waals surface area contributed by atoms with Gasteiger partial charge in [0.25, 0.3) is 0 Å². The fourth-order valence-electron chi connectivity index (χ4n) is 1.75. The molecule has 6 heteroatoms. The number of imidazole rings is 1. The van der Waals surface area contributed by atoms with Gasteiger partial charge in [-0.1, -0.05) is 20.3 Å². The molecule has 0 aliphatic carbocycles. The van der Waals surface area contributed by atoms with Gasteiger partial charge in [-0.3, -0.25) is 0 Å².